The van der Waals surface area contributed by atoms with Crippen molar-refractivity contribution in [2.45, 2.75) is 58.2 Å². The van der Waals surface area contributed by atoms with Crippen LogP contribution in [0.5, 0.6) is 0 Å². The number of esters is 1. The van der Waals surface area contributed by atoms with Crippen LogP contribution in [-0.2, 0) is 23.9 Å². The summed E-state index contributed by atoms with van der Waals surface area (Å²) in [5.41, 5.74) is -0.661. The zero-order valence-electron chi connectivity index (χ0n) is 12.6. The lowest BCUT2D eigenvalue weighted by Crippen LogP contribution is -2.37. The molecule has 1 atom stereocenters. The number of Topliss-reactive ketones (excluding diaryl/α,β-unsaturated/α-hetero) is 2. The van der Waals surface area contributed by atoms with Gasteiger partial charge in [-0.2, -0.15) is 0 Å². The Hall–Kier alpha value is -1.92. The van der Waals surface area contributed by atoms with Crippen LogP contribution in [0.15, 0.2) is 0 Å². The van der Waals surface area contributed by atoms with Gasteiger partial charge >= 0.3 is 12.1 Å². The number of hydrogen-bond acceptors (Lipinski definition) is 6. The second-order valence-corrected chi connectivity index (χ2v) is 5.88. The number of amides is 1. The highest BCUT2D eigenvalue weighted by Crippen LogP contribution is 2.15. The summed E-state index contributed by atoms with van der Waals surface area (Å²) in [7, 11) is 0. The summed E-state index contributed by atoms with van der Waals surface area (Å²) < 4.78 is 9.97. The van der Waals surface area contributed by atoms with Crippen LogP contribution >= 0.6 is 0 Å². The first-order valence-corrected chi connectivity index (χ1v) is 6.88. The molecule has 0 aromatic carbocycles. The molecule has 0 aromatic rings. The third-order valence-corrected chi connectivity index (χ3v) is 2.74. The fourth-order valence-corrected chi connectivity index (χ4v) is 1.79. The van der Waals surface area contributed by atoms with E-state index in [9.17, 15) is 19.2 Å². The summed E-state index contributed by atoms with van der Waals surface area (Å²) in [5.74, 6) is -0.992. The number of ether oxygens (including phenoxy) is 2. The molecule has 0 spiro atoms. The zero-order valence-corrected chi connectivity index (χ0v) is 12.6. The first-order valence-electron chi connectivity index (χ1n) is 6.88. The Morgan fingerprint density at radius 3 is 2.48 bits per heavy atom. The summed E-state index contributed by atoms with van der Waals surface area (Å²) >= 11 is 0. The van der Waals surface area contributed by atoms with Crippen LogP contribution in [0.1, 0.15) is 46.5 Å². The Morgan fingerprint density at radius 1 is 1.19 bits per heavy atom. The molecule has 1 N–H and O–H groups in total. The van der Waals surface area contributed by atoms with Gasteiger partial charge in [-0.25, -0.2) is 4.79 Å². The molecule has 1 saturated carbocycles. The first-order chi connectivity index (χ1) is 9.67. The normalized spacial score (nSPS) is 19.7. The van der Waals surface area contributed by atoms with Gasteiger partial charge in [0.15, 0.2) is 11.9 Å². The maximum atomic E-state index is 11.7. The molecule has 7 heteroatoms. The second kappa shape index (κ2) is 7.19. The number of rotatable bonds is 3. The minimum Gasteiger partial charge on any atom is -0.453 e. The summed E-state index contributed by atoms with van der Waals surface area (Å²) in [5, 5.41) is 2.25. The van der Waals surface area contributed by atoms with E-state index in [-0.39, 0.29) is 43.8 Å². The van der Waals surface area contributed by atoms with E-state index < -0.39 is 23.8 Å². The first kappa shape index (κ1) is 17.1. The molecule has 0 heterocycles. The molecule has 21 heavy (non-hydrogen) atoms. The SMILES string of the molecule is CC(C)(C)OC(=O)NCC(=O)OC1CCC(=O)CCC1=O. The van der Waals surface area contributed by atoms with Gasteiger partial charge in [0, 0.05) is 19.3 Å². The lowest BCUT2D eigenvalue weighted by Gasteiger charge is -2.20. The minimum absolute atomic E-state index is 0.00576. The van der Waals surface area contributed by atoms with E-state index in [1.54, 1.807) is 20.8 Å². The third kappa shape index (κ3) is 6.87. The molecule has 1 rings (SSSR count). The molecule has 1 aliphatic rings. The van der Waals surface area contributed by atoms with Gasteiger partial charge < -0.3 is 14.8 Å². The van der Waals surface area contributed by atoms with Crippen molar-refractivity contribution in [3.05, 3.63) is 0 Å². The van der Waals surface area contributed by atoms with Crippen molar-refractivity contribution in [2.24, 2.45) is 0 Å². The number of carbonyl (C=O) groups excluding carboxylic acids is 4. The van der Waals surface area contributed by atoms with Gasteiger partial charge in [-0.15, -0.1) is 0 Å². The molecule has 118 valence electrons. The molecule has 0 aliphatic heterocycles. The van der Waals surface area contributed by atoms with Crippen LogP contribution < -0.4 is 5.32 Å². The van der Waals surface area contributed by atoms with Crippen molar-refractivity contribution in [3.8, 4) is 0 Å². The molecule has 1 fully saturated rings. The van der Waals surface area contributed by atoms with E-state index in [1.165, 1.54) is 0 Å². The van der Waals surface area contributed by atoms with Gasteiger partial charge in [0.1, 0.15) is 17.9 Å². The van der Waals surface area contributed by atoms with Crippen molar-refractivity contribution < 1.29 is 28.7 Å². The quantitative estimate of drug-likeness (QED) is 0.619. The lowest BCUT2D eigenvalue weighted by atomic mass is 10.1. The molecule has 0 radical (unpaired) electrons. The van der Waals surface area contributed by atoms with Crippen molar-refractivity contribution in [2.75, 3.05) is 6.54 Å². The smallest absolute Gasteiger partial charge is 0.408 e. The van der Waals surface area contributed by atoms with E-state index in [4.69, 9.17) is 9.47 Å². The number of alkyl carbamates (subject to hydrolysis) is 1. The van der Waals surface area contributed by atoms with E-state index in [1.807, 2.05) is 0 Å². The van der Waals surface area contributed by atoms with E-state index >= 15 is 0 Å². The van der Waals surface area contributed by atoms with Gasteiger partial charge in [-0.3, -0.25) is 14.4 Å². The summed E-state index contributed by atoms with van der Waals surface area (Å²) in [6.07, 6.45) is -0.913. The highest BCUT2D eigenvalue weighted by Gasteiger charge is 2.27. The monoisotopic (exact) mass is 299 g/mol. The molecular weight excluding hydrogens is 278 g/mol. The molecule has 1 amide bonds. The molecular formula is C14H21NO6. The number of carbonyl (C=O) groups is 4. The predicted molar refractivity (Wildman–Crippen MR) is 72.6 cm³/mol. The average molecular weight is 299 g/mol. The summed E-state index contributed by atoms with van der Waals surface area (Å²) in [6, 6.07) is 0. The Kier molecular flexibility index (Phi) is 5.87. The van der Waals surface area contributed by atoms with E-state index in [2.05, 4.69) is 5.32 Å². The third-order valence-electron chi connectivity index (χ3n) is 2.74. The standard InChI is InChI=1S/C14H21NO6/c1-14(2,3)21-13(19)15-8-12(18)20-11-7-5-9(16)4-6-10(11)17/h11H,4-8H2,1-3H3,(H,15,19). The van der Waals surface area contributed by atoms with Crippen LogP contribution in [-0.4, -0.2) is 41.9 Å². The Bertz CT molecular complexity index is 437. The number of hydrogen-bond donors (Lipinski definition) is 1. The topological polar surface area (TPSA) is 98.8 Å². The van der Waals surface area contributed by atoms with Crippen LogP contribution in [0.3, 0.4) is 0 Å². The largest absolute Gasteiger partial charge is 0.453 e. The lowest BCUT2D eigenvalue weighted by molar-refractivity contribution is -0.154. The second-order valence-electron chi connectivity index (χ2n) is 5.88. The summed E-state index contributed by atoms with van der Waals surface area (Å²) in [4.78, 5) is 45.9. The van der Waals surface area contributed by atoms with Gasteiger partial charge in [-0.05, 0) is 27.2 Å². The van der Waals surface area contributed by atoms with Gasteiger partial charge in [-0.1, -0.05) is 0 Å². The van der Waals surface area contributed by atoms with Gasteiger partial charge in [0.25, 0.3) is 0 Å². The van der Waals surface area contributed by atoms with Crippen LogP contribution in [0, 0.1) is 0 Å². The Balaban J connectivity index is 2.37. The van der Waals surface area contributed by atoms with Crippen LogP contribution in [0.2, 0.25) is 0 Å². The summed E-state index contributed by atoms with van der Waals surface area (Å²) in [6.45, 7) is 4.72. The van der Waals surface area contributed by atoms with Crippen molar-refractivity contribution in [1.82, 2.24) is 5.32 Å². The molecule has 0 bridgehead atoms. The molecule has 1 unspecified atom stereocenters. The van der Waals surface area contributed by atoms with E-state index in [0.29, 0.717) is 0 Å². The predicted octanol–water partition coefficient (Wildman–Crippen LogP) is 1.14. The maximum absolute atomic E-state index is 11.7. The highest BCUT2D eigenvalue weighted by atomic mass is 16.6. The van der Waals surface area contributed by atoms with Crippen molar-refractivity contribution >= 4 is 23.6 Å². The van der Waals surface area contributed by atoms with Gasteiger partial charge in [0.05, 0.1) is 0 Å². The van der Waals surface area contributed by atoms with Crippen LogP contribution in [0.4, 0.5) is 4.79 Å². The molecule has 0 saturated heterocycles. The maximum Gasteiger partial charge on any atom is 0.408 e. The van der Waals surface area contributed by atoms with Crippen molar-refractivity contribution in [3.63, 3.8) is 0 Å². The fourth-order valence-electron chi connectivity index (χ4n) is 1.79. The number of nitrogens with one attached hydrogen (secondary N) is 1. The molecule has 1 aliphatic carbocycles. The Morgan fingerprint density at radius 2 is 1.86 bits per heavy atom. The Labute approximate surface area is 123 Å². The van der Waals surface area contributed by atoms with Gasteiger partial charge in [0.2, 0.25) is 0 Å². The molecule has 0 aromatic heterocycles. The fraction of sp³-hybridized carbons (Fsp3) is 0.714. The van der Waals surface area contributed by atoms with Crippen LogP contribution in [0.25, 0.3) is 0 Å². The van der Waals surface area contributed by atoms with Crippen molar-refractivity contribution in [1.29, 1.82) is 0 Å². The minimum atomic E-state index is -0.899. The van der Waals surface area contributed by atoms with E-state index in [0.717, 1.165) is 0 Å². The highest BCUT2D eigenvalue weighted by molar-refractivity contribution is 5.92. The molecule has 7 nitrogen and oxygen atoms in total. The number of ketones is 2. The average Bonchev–Trinajstić information content (AvgIpc) is 2.50. The zero-order chi connectivity index (χ0) is 16.0.